The highest BCUT2D eigenvalue weighted by atomic mass is 32.1. The zero-order chi connectivity index (χ0) is 21.3. The largest absolute Gasteiger partial charge is 0.310 e. The molecule has 0 saturated heterocycles. The number of benzene rings is 3. The van der Waals surface area contributed by atoms with Crippen LogP contribution in [0.5, 0.6) is 0 Å². The van der Waals surface area contributed by atoms with E-state index in [0.717, 1.165) is 40.4 Å². The minimum atomic E-state index is 0.981. The fourth-order valence-electron chi connectivity index (χ4n) is 4.44. The Balaban J connectivity index is 1.56. The first-order valence-corrected chi connectivity index (χ1v) is 11.7. The number of fused-ring (bicyclic) bond motifs is 2. The van der Waals surface area contributed by atoms with Crippen molar-refractivity contribution < 1.29 is 0 Å². The van der Waals surface area contributed by atoms with E-state index < -0.39 is 0 Å². The highest BCUT2D eigenvalue weighted by Gasteiger charge is 2.23. The predicted octanol–water partition coefficient (Wildman–Crippen LogP) is 7.44. The molecule has 0 spiro atoms. The van der Waals surface area contributed by atoms with E-state index in [4.69, 9.17) is 0 Å². The van der Waals surface area contributed by atoms with Crippen LogP contribution in [0.1, 0.15) is 11.1 Å². The van der Waals surface area contributed by atoms with Crippen molar-refractivity contribution in [3.63, 3.8) is 0 Å². The predicted molar refractivity (Wildman–Crippen MR) is 133 cm³/mol. The third-order valence-corrected chi connectivity index (χ3v) is 6.79. The number of rotatable bonds is 3. The first-order valence-electron chi connectivity index (χ1n) is 10.8. The van der Waals surface area contributed by atoms with E-state index in [1.807, 2.05) is 29.9 Å². The van der Waals surface area contributed by atoms with Gasteiger partial charge in [0.2, 0.25) is 0 Å². The van der Waals surface area contributed by atoms with E-state index in [1.54, 1.807) is 11.3 Å². The highest BCUT2D eigenvalue weighted by molar-refractivity contribution is 7.13. The fourth-order valence-corrected chi connectivity index (χ4v) is 5.07. The van der Waals surface area contributed by atoms with Gasteiger partial charge in [0.05, 0.1) is 11.4 Å². The molecule has 1 aliphatic heterocycles. The molecule has 0 unspecified atom stereocenters. The summed E-state index contributed by atoms with van der Waals surface area (Å²) in [7, 11) is 0. The molecule has 4 heteroatoms. The number of hydrogen-bond acceptors (Lipinski definition) is 4. The summed E-state index contributed by atoms with van der Waals surface area (Å²) in [6.07, 6.45) is 5.76. The summed E-state index contributed by atoms with van der Waals surface area (Å²) in [6.45, 7) is 0. The summed E-state index contributed by atoms with van der Waals surface area (Å²) in [6, 6.07) is 30.2. The molecule has 0 amide bonds. The summed E-state index contributed by atoms with van der Waals surface area (Å²) in [5.41, 5.74) is 9.56. The molecule has 0 atom stereocenters. The van der Waals surface area contributed by atoms with Crippen LogP contribution in [-0.4, -0.2) is 9.97 Å². The van der Waals surface area contributed by atoms with Gasteiger partial charge in [0.15, 0.2) is 0 Å². The standard InChI is InChI=1S/C28H21N3S/c1-2-10-26-20(6-1)11-12-21-13-14-23(28-30-16-17-32-28)19-27(21)31(26)24-8-5-7-22(18-24)25-9-3-4-15-29-25/h1-10,13-19H,11-12H2. The lowest BCUT2D eigenvalue weighted by Gasteiger charge is -2.28. The number of para-hydroxylation sites is 1. The normalized spacial score (nSPS) is 12.7. The molecule has 5 aromatic rings. The monoisotopic (exact) mass is 431 g/mol. The maximum absolute atomic E-state index is 4.56. The van der Waals surface area contributed by atoms with Gasteiger partial charge in [-0.1, -0.05) is 48.5 Å². The number of aromatic nitrogens is 2. The van der Waals surface area contributed by atoms with Crippen molar-refractivity contribution in [1.29, 1.82) is 0 Å². The van der Waals surface area contributed by atoms with Crippen LogP contribution in [0.15, 0.2) is 103 Å². The molecule has 6 rings (SSSR count). The zero-order valence-corrected chi connectivity index (χ0v) is 18.3. The Morgan fingerprint density at radius 2 is 1.53 bits per heavy atom. The average molecular weight is 432 g/mol. The van der Waals surface area contributed by atoms with Gasteiger partial charge < -0.3 is 4.90 Å². The van der Waals surface area contributed by atoms with Crippen LogP contribution >= 0.6 is 11.3 Å². The van der Waals surface area contributed by atoms with Gasteiger partial charge in [0.1, 0.15) is 5.01 Å². The third-order valence-electron chi connectivity index (χ3n) is 5.97. The van der Waals surface area contributed by atoms with Crippen molar-refractivity contribution in [1.82, 2.24) is 9.97 Å². The van der Waals surface area contributed by atoms with Gasteiger partial charge in [-0.3, -0.25) is 4.98 Å². The second-order valence-electron chi connectivity index (χ2n) is 7.91. The molecular weight excluding hydrogens is 410 g/mol. The third kappa shape index (κ3) is 3.39. The van der Waals surface area contributed by atoms with E-state index in [1.165, 1.54) is 22.5 Å². The number of nitrogens with zero attached hydrogens (tertiary/aromatic N) is 3. The molecule has 3 heterocycles. The smallest absolute Gasteiger partial charge is 0.123 e. The molecule has 32 heavy (non-hydrogen) atoms. The second-order valence-corrected chi connectivity index (χ2v) is 8.80. The molecule has 3 aromatic carbocycles. The van der Waals surface area contributed by atoms with Crippen LogP contribution in [0, 0.1) is 0 Å². The molecule has 0 fully saturated rings. The fraction of sp³-hybridized carbons (Fsp3) is 0.0714. The Morgan fingerprint density at radius 3 is 2.38 bits per heavy atom. The molecule has 154 valence electrons. The number of pyridine rings is 1. The van der Waals surface area contributed by atoms with E-state index in [-0.39, 0.29) is 0 Å². The lowest BCUT2D eigenvalue weighted by Crippen LogP contribution is -2.12. The summed E-state index contributed by atoms with van der Waals surface area (Å²) >= 11 is 1.68. The van der Waals surface area contributed by atoms with Crippen LogP contribution in [0.3, 0.4) is 0 Å². The molecule has 0 radical (unpaired) electrons. The second kappa shape index (κ2) is 8.06. The summed E-state index contributed by atoms with van der Waals surface area (Å²) in [4.78, 5) is 11.5. The lowest BCUT2D eigenvalue weighted by molar-refractivity contribution is 0.978. The van der Waals surface area contributed by atoms with Crippen LogP contribution < -0.4 is 4.90 Å². The Bertz CT molecular complexity index is 1380. The van der Waals surface area contributed by atoms with Gasteiger partial charge in [-0.2, -0.15) is 0 Å². The number of hydrogen-bond donors (Lipinski definition) is 0. The molecule has 0 aliphatic carbocycles. The number of aryl methyl sites for hydroxylation is 2. The van der Waals surface area contributed by atoms with Crippen molar-refractivity contribution in [3.05, 3.63) is 114 Å². The summed E-state index contributed by atoms with van der Waals surface area (Å²) in [5, 5.41) is 3.08. The zero-order valence-electron chi connectivity index (χ0n) is 17.5. The minimum Gasteiger partial charge on any atom is -0.310 e. The molecular formula is C28H21N3S. The highest BCUT2D eigenvalue weighted by Crippen LogP contribution is 2.44. The maximum atomic E-state index is 4.56. The number of anilines is 3. The van der Waals surface area contributed by atoms with Crippen molar-refractivity contribution in [2.75, 3.05) is 4.90 Å². The van der Waals surface area contributed by atoms with E-state index in [0.29, 0.717) is 0 Å². The Hall–Kier alpha value is -3.76. The van der Waals surface area contributed by atoms with E-state index in [2.05, 4.69) is 87.7 Å². The topological polar surface area (TPSA) is 29.0 Å². The van der Waals surface area contributed by atoms with Gasteiger partial charge in [-0.15, -0.1) is 11.3 Å². The minimum absolute atomic E-state index is 0.981. The Kier molecular flexibility index (Phi) is 4.78. The Morgan fingerprint density at radius 1 is 0.656 bits per heavy atom. The number of thiazole rings is 1. The molecule has 2 aromatic heterocycles. The molecule has 3 nitrogen and oxygen atoms in total. The molecule has 1 aliphatic rings. The van der Waals surface area contributed by atoms with Crippen molar-refractivity contribution in [2.24, 2.45) is 0 Å². The van der Waals surface area contributed by atoms with E-state index in [9.17, 15) is 0 Å². The molecule has 0 N–H and O–H groups in total. The van der Waals surface area contributed by atoms with Crippen molar-refractivity contribution in [3.8, 4) is 21.8 Å². The van der Waals surface area contributed by atoms with Crippen LogP contribution in [0.25, 0.3) is 21.8 Å². The summed E-state index contributed by atoms with van der Waals surface area (Å²) < 4.78 is 0. The SMILES string of the molecule is c1ccc(-c2cccc(N3c4ccccc4CCc4ccc(-c5nccs5)cc43)c2)nc1. The van der Waals surface area contributed by atoms with Crippen LogP contribution in [-0.2, 0) is 12.8 Å². The van der Waals surface area contributed by atoms with Gasteiger partial charge in [-0.25, -0.2) is 4.98 Å². The van der Waals surface area contributed by atoms with Crippen molar-refractivity contribution in [2.45, 2.75) is 12.8 Å². The van der Waals surface area contributed by atoms with Gasteiger partial charge in [0.25, 0.3) is 0 Å². The average Bonchev–Trinajstić information content (AvgIpc) is 3.34. The van der Waals surface area contributed by atoms with Crippen LogP contribution in [0.4, 0.5) is 17.1 Å². The first kappa shape index (κ1) is 19.0. The first-order chi connectivity index (χ1) is 15.9. The van der Waals surface area contributed by atoms with E-state index >= 15 is 0 Å². The van der Waals surface area contributed by atoms with Crippen molar-refractivity contribution >= 4 is 28.4 Å². The summed E-state index contributed by atoms with van der Waals surface area (Å²) in [5.74, 6) is 0. The molecule has 0 bridgehead atoms. The Labute approximate surface area is 191 Å². The quantitative estimate of drug-likeness (QED) is 0.297. The van der Waals surface area contributed by atoms with Gasteiger partial charge in [0, 0.05) is 40.3 Å². The van der Waals surface area contributed by atoms with Crippen LogP contribution in [0.2, 0.25) is 0 Å². The lowest BCUT2D eigenvalue weighted by atomic mass is 10.0. The maximum Gasteiger partial charge on any atom is 0.123 e. The van der Waals surface area contributed by atoms with Gasteiger partial charge >= 0.3 is 0 Å². The molecule has 0 saturated carbocycles. The van der Waals surface area contributed by atoms with Gasteiger partial charge in [-0.05, 0) is 60.4 Å².